The van der Waals surface area contributed by atoms with Gasteiger partial charge in [-0.1, -0.05) is 13.8 Å². The summed E-state index contributed by atoms with van der Waals surface area (Å²) in [6.07, 6.45) is 2.37. The van der Waals surface area contributed by atoms with Gasteiger partial charge in [0, 0.05) is 30.4 Å². The molecule has 2 N–H and O–H groups in total. The molecule has 4 nitrogen and oxygen atoms in total. The normalized spacial score (nSPS) is 11.9. The minimum atomic E-state index is -0.183. The van der Waals surface area contributed by atoms with Gasteiger partial charge in [0.2, 0.25) is 5.91 Å². The third-order valence-corrected chi connectivity index (χ3v) is 2.91. The van der Waals surface area contributed by atoms with Crippen LogP contribution in [0.4, 0.5) is 0 Å². The molecule has 0 fully saturated rings. The van der Waals surface area contributed by atoms with Crippen LogP contribution in [0.2, 0.25) is 0 Å². The van der Waals surface area contributed by atoms with E-state index in [0.29, 0.717) is 23.7 Å². The predicted molar refractivity (Wildman–Crippen MR) is 76.2 cm³/mol. The molecule has 0 aliphatic carbocycles. The van der Waals surface area contributed by atoms with Crippen molar-refractivity contribution in [3.63, 3.8) is 0 Å². The third-order valence-electron chi connectivity index (χ3n) is 2.57. The quantitative estimate of drug-likeness (QED) is 0.826. The topological polar surface area (TPSA) is 49.8 Å². The average Bonchev–Trinajstić information content (AvgIpc) is 2.54. The van der Waals surface area contributed by atoms with Gasteiger partial charge in [-0.3, -0.25) is 4.79 Å². The summed E-state index contributed by atoms with van der Waals surface area (Å²) in [5.74, 6) is 0.448. The van der Waals surface area contributed by atoms with Crippen molar-refractivity contribution in [1.82, 2.24) is 14.9 Å². The number of carbonyl (C=O) groups excluding carboxylic acids is 1. The highest BCUT2D eigenvalue weighted by molar-refractivity contribution is 7.71. The van der Waals surface area contributed by atoms with Gasteiger partial charge >= 0.3 is 0 Å². The number of carbonyl (C=O) groups is 1. The van der Waals surface area contributed by atoms with Crippen molar-refractivity contribution in [3.8, 4) is 0 Å². The fourth-order valence-electron chi connectivity index (χ4n) is 1.81. The summed E-state index contributed by atoms with van der Waals surface area (Å²) in [7, 11) is 0. The van der Waals surface area contributed by atoms with Gasteiger partial charge in [0.05, 0.1) is 0 Å². The molecule has 0 radical (unpaired) electrons. The molecule has 0 saturated carbocycles. The van der Waals surface area contributed by atoms with Crippen LogP contribution in [0.15, 0.2) is 6.20 Å². The van der Waals surface area contributed by atoms with E-state index in [1.165, 1.54) is 0 Å². The summed E-state index contributed by atoms with van der Waals surface area (Å²) in [6.45, 7) is 10.8. The van der Waals surface area contributed by atoms with Gasteiger partial charge in [0.1, 0.15) is 0 Å². The zero-order valence-electron chi connectivity index (χ0n) is 11.8. The molecule has 0 aliphatic heterocycles. The molecule has 0 unspecified atom stereocenters. The Morgan fingerprint density at radius 3 is 2.61 bits per heavy atom. The van der Waals surface area contributed by atoms with Gasteiger partial charge in [-0.25, -0.2) is 0 Å². The number of aromatic amines is 1. The lowest BCUT2D eigenvalue weighted by molar-refractivity contribution is -0.122. The number of H-pyrrole nitrogens is 1. The molecular formula is C13H23N3OS. The number of hydrogen-bond donors (Lipinski definition) is 2. The predicted octanol–water partition coefficient (Wildman–Crippen LogP) is 2.97. The van der Waals surface area contributed by atoms with Gasteiger partial charge in [-0.05, 0) is 38.9 Å². The first kappa shape index (κ1) is 15.0. The van der Waals surface area contributed by atoms with Crippen LogP contribution in [0.1, 0.15) is 52.7 Å². The van der Waals surface area contributed by atoms with Crippen molar-refractivity contribution in [2.45, 2.75) is 59.0 Å². The van der Waals surface area contributed by atoms with E-state index in [9.17, 15) is 4.79 Å². The molecule has 0 aliphatic rings. The molecule has 1 rings (SSSR count). The summed E-state index contributed by atoms with van der Waals surface area (Å²) in [5, 5.41) is 2.95. The summed E-state index contributed by atoms with van der Waals surface area (Å²) >= 11 is 5.23. The molecule has 1 aromatic heterocycles. The van der Waals surface area contributed by atoms with E-state index in [-0.39, 0.29) is 11.4 Å². The second kappa shape index (κ2) is 5.69. The van der Waals surface area contributed by atoms with Crippen molar-refractivity contribution >= 4 is 18.1 Å². The van der Waals surface area contributed by atoms with Crippen LogP contribution in [0.3, 0.4) is 0 Å². The van der Waals surface area contributed by atoms with Gasteiger partial charge in [0.15, 0.2) is 4.77 Å². The highest BCUT2D eigenvalue weighted by atomic mass is 32.1. The summed E-state index contributed by atoms with van der Waals surface area (Å²) in [4.78, 5) is 14.8. The number of amides is 1. The molecule has 0 atom stereocenters. The molecule has 0 saturated heterocycles. The lowest BCUT2D eigenvalue weighted by Crippen LogP contribution is -2.40. The second-order valence-electron chi connectivity index (χ2n) is 5.87. The lowest BCUT2D eigenvalue weighted by atomic mass is 10.1. The van der Waals surface area contributed by atoms with Crippen molar-refractivity contribution in [1.29, 1.82) is 0 Å². The maximum absolute atomic E-state index is 11.8. The Balaban J connectivity index is 2.67. The third kappa shape index (κ3) is 4.29. The van der Waals surface area contributed by atoms with Crippen molar-refractivity contribution in [2.75, 3.05) is 0 Å². The van der Waals surface area contributed by atoms with Crippen LogP contribution in [-0.2, 0) is 11.3 Å². The van der Waals surface area contributed by atoms with Crippen molar-refractivity contribution in [2.24, 2.45) is 0 Å². The molecule has 0 aromatic carbocycles. The highest BCUT2D eigenvalue weighted by Crippen LogP contribution is 2.15. The van der Waals surface area contributed by atoms with Crippen molar-refractivity contribution < 1.29 is 4.79 Å². The van der Waals surface area contributed by atoms with Gasteiger partial charge in [-0.15, -0.1) is 0 Å². The maximum Gasteiger partial charge on any atom is 0.222 e. The number of nitrogens with one attached hydrogen (secondary N) is 2. The smallest absolute Gasteiger partial charge is 0.222 e. The number of rotatable bonds is 4. The second-order valence-corrected chi connectivity index (χ2v) is 6.26. The van der Waals surface area contributed by atoms with Crippen LogP contribution in [0.25, 0.3) is 0 Å². The first-order chi connectivity index (χ1) is 8.20. The Kier molecular flexibility index (Phi) is 4.73. The Morgan fingerprint density at radius 1 is 1.50 bits per heavy atom. The molecule has 1 aromatic rings. The monoisotopic (exact) mass is 269 g/mol. The van der Waals surface area contributed by atoms with Gasteiger partial charge < -0.3 is 14.9 Å². The molecule has 1 heterocycles. The lowest BCUT2D eigenvalue weighted by Gasteiger charge is -2.20. The Morgan fingerprint density at radius 2 is 2.11 bits per heavy atom. The van der Waals surface area contributed by atoms with Gasteiger partial charge in [-0.2, -0.15) is 0 Å². The molecule has 1 amide bonds. The minimum Gasteiger partial charge on any atom is -0.351 e. The fourth-order valence-corrected chi connectivity index (χ4v) is 2.07. The molecule has 102 valence electrons. The molecular weight excluding hydrogens is 246 g/mol. The molecule has 18 heavy (non-hydrogen) atoms. The first-order valence-electron chi connectivity index (χ1n) is 6.30. The van der Waals surface area contributed by atoms with E-state index in [4.69, 9.17) is 12.2 Å². The number of aromatic nitrogens is 2. The minimum absolute atomic E-state index is 0.0558. The largest absolute Gasteiger partial charge is 0.351 e. The van der Waals surface area contributed by atoms with Crippen LogP contribution >= 0.6 is 12.2 Å². The standard InChI is InChI=1S/C13H23N3OS/c1-9(2)10-8-14-12(18)16(10)7-6-11(17)15-13(3,4)5/h8-9H,6-7H2,1-5H3,(H,14,18)(H,15,17). The molecule has 5 heteroatoms. The summed E-state index contributed by atoms with van der Waals surface area (Å²) in [5.41, 5.74) is 0.959. The zero-order chi connectivity index (χ0) is 13.9. The van der Waals surface area contributed by atoms with Crippen molar-refractivity contribution in [3.05, 3.63) is 16.7 Å². The maximum atomic E-state index is 11.8. The van der Waals surface area contributed by atoms with Gasteiger partial charge in [0.25, 0.3) is 0 Å². The molecule has 0 bridgehead atoms. The van der Waals surface area contributed by atoms with Crippen LogP contribution < -0.4 is 5.32 Å². The Labute approximate surface area is 114 Å². The van der Waals surface area contributed by atoms with Crippen LogP contribution in [0.5, 0.6) is 0 Å². The summed E-state index contributed by atoms with van der Waals surface area (Å²) < 4.78 is 2.68. The number of nitrogens with zero attached hydrogens (tertiary/aromatic N) is 1. The number of imidazole rings is 1. The van der Waals surface area contributed by atoms with E-state index in [1.54, 1.807) is 0 Å². The fraction of sp³-hybridized carbons (Fsp3) is 0.692. The SMILES string of the molecule is CC(C)c1c[nH]c(=S)n1CCC(=O)NC(C)(C)C. The Hall–Kier alpha value is -1.10. The first-order valence-corrected chi connectivity index (χ1v) is 6.70. The zero-order valence-corrected chi connectivity index (χ0v) is 12.6. The van der Waals surface area contributed by atoms with E-state index >= 15 is 0 Å². The average molecular weight is 269 g/mol. The molecule has 0 spiro atoms. The van der Waals surface area contributed by atoms with E-state index in [0.717, 1.165) is 5.69 Å². The van der Waals surface area contributed by atoms with Crippen LogP contribution in [0, 0.1) is 4.77 Å². The van der Waals surface area contributed by atoms with E-state index in [2.05, 4.69) is 24.1 Å². The van der Waals surface area contributed by atoms with Crippen LogP contribution in [-0.4, -0.2) is 21.0 Å². The van der Waals surface area contributed by atoms with E-state index < -0.39 is 0 Å². The Bertz CT molecular complexity index is 465. The number of hydrogen-bond acceptors (Lipinski definition) is 2. The highest BCUT2D eigenvalue weighted by Gasteiger charge is 2.14. The van der Waals surface area contributed by atoms with E-state index in [1.807, 2.05) is 31.5 Å². The summed E-state index contributed by atoms with van der Waals surface area (Å²) in [6, 6.07) is 0.